The molecule has 7 aromatic carbocycles. The largest absolute Gasteiger partial charge is 0.398 e. The summed E-state index contributed by atoms with van der Waals surface area (Å²) in [7, 11) is 0. The van der Waals surface area contributed by atoms with E-state index in [1.807, 2.05) is 12.1 Å². The van der Waals surface area contributed by atoms with Crippen molar-refractivity contribution < 1.29 is 0 Å². The van der Waals surface area contributed by atoms with Gasteiger partial charge in [-0.05, 0) is 99.0 Å². The summed E-state index contributed by atoms with van der Waals surface area (Å²) in [5.74, 6) is 0. The predicted molar refractivity (Wildman–Crippen MR) is 199 cm³/mol. The molecule has 0 radical (unpaired) electrons. The summed E-state index contributed by atoms with van der Waals surface area (Å²) < 4.78 is 2.40. The van der Waals surface area contributed by atoms with Crippen molar-refractivity contribution in [3.8, 4) is 39.1 Å². The number of aromatic nitrogens is 1. The minimum absolute atomic E-state index is 0.825. The van der Waals surface area contributed by atoms with Crippen molar-refractivity contribution in [1.82, 2.24) is 4.57 Å². The van der Waals surface area contributed by atoms with Crippen LogP contribution in [-0.4, -0.2) is 4.57 Å². The van der Waals surface area contributed by atoms with E-state index >= 15 is 0 Å². The molecule has 2 nitrogen and oxygen atoms in total. The van der Waals surface area contributed by atoms with Gasteiger partial charge in [-0.1, -0.05) is 127 Å². The summed E-state index contributed by atoms with van der Waals surface area (Å²) in [5, 5.41) is 2.51. The first kappa shape index (κ1) is 27.2. The monoisotopic (exact) mass is 600 g/mol. The molecular formula is C45H32N2. The van der Waals surface area contributed by atoms with Gasteiger partial charge in [0.15, 0.2) is 0 Å². The number of hydrogen-bond donors (Lipinski definition) is 1. The van der Waals surface area contributed by atoms with Gasteiger partial charge in [0.2, 0.25) is 0 Å². The topological polar surface area (TPSA) is 30.9 Å². The molecule has 1 heterocycles. The lowest BCUT2D eigenvalue weighted by atomic mass is 10.00. The lowest BCUT2D eigenvalue weighted by Gasteiger charge is -2.10. The molecule has 8 aromatic rings. The van der Waals surface area contributed by atoms with Crippen LogP contribution in [0.25, 0.3) is 66.4 Å². The number of nitrogens with two attached hydrogens (primary N) is 1. The molecule has 0 aliphatic heterocycles. The lowest BCUT2D eigenvalue weighted by Crippen LogP contribution is -1.95. The Morgan fingerprint density at radius 3 is 1.64 bits per heavy atom. The highest BCUT2D eigenvalue weighted by atomic mass is 15.0. The standard InChI is InChI=1S/C45H32N2/c46-42-17-9-16-38-36-14-7-8-15-37(36)39(45(38)42)25-20-30-18-23-35(24-19-30)47-43-26-21-33(31-10-3-1-4-11-31)28-40(43)41-29-34(22-27-44(41)47)32-12-5-2-6-13-32/h1-19,21-29H,20,46H2/b39-25-. The van der Waals surface area contributed by atoms with E-state index in [1.165, 1.54) is 71.9 Å². The van der Waals surface area contributed by atoms with Gasteiger partial charge < -0.3 is 10.3 Å². The maximum atomic E-state index is 6.52. The Morgan fingerprint density at radius 2 is 1.02 bits per heavy atom. The van der Waals surface area contributed by atoms with E-state index in [2.05, 4.69) is 162 Å². The van der Waals surface area contributed by atoms with E-state index in [4.69, 9.17) is 5.73 Å². The Morgan fingerprint density at radius 1 is 0.468 bits per heavy atom. The first-order chi connectivity index (χ1) is 23.2. The molecular weight excluding hydrogens is 569 g/mol. The maximum Gasteiger partial charge on any atom is 0.0541 e. The molecule has 0 saturated carbocycles. The number of fused-ring (bicyclic) bond motifs is 6. The summed E-state index contributed by atoms with van der Waals surface area (Å²) in [5.41, 5.74) is 23.2. The second kappa shape index (κ2) is 11.0. The smallest absolute Gasteiger partial charge is 0.0541 e. The minimum Gasteiger partial charge on any atom is -0.398 e. The average Bonchev–Trinajstić information content (AvgIpc) is 3.64. The Bertz CT molecular complexity index is 2370. The molecule has 2 N–H and O–H groups in total. The summed E-state index contributed by atoms with van der Waals surface area (Å²) in [6.07, 6.45) is 3.17. The van der Waals surface area contributed by atoms with E-state index in [0.29, 0.717) is 0 Å². The second-order valence-corrected chi connectivity index (χ2v) is 12.3. The van der Waals surface area contributed by atoms with Crippen molar-refractivity contribution in [3.05, 3.63) is 187 Å². The molecule has 0 spiro atoms. The highest BCUT2D eigenvalue weighted by molar-refractivity contribution is 6.11. The van der Waals surface area contributed by atoms with Crippen molar-refractivity contribution in [2.75, 3.05) is 5.73 Å². The van der Waals surface area contributed by atoms with Gasteiger partial charge in [-0.25, -0.2) is 0 Å². The summed E-state index contributed by atoms with van der Waals surface area (Å²) >= 11 is 0. The summed E-state index contributed by atoms with van der Waals surface area (Å²) in [6.45, 7) is 0. The summed E-state index contributed by atoms with van der Waals surface area (Å²) in [4.78, 5) is 0. The zero-order chi connectivity index (χ0) is 31.3. The quantitative estimate of drug-likeness (QED) is 0.196. The SMILES string of the molecule is Nc1cccc2c1/C(=C\Cc1ccc(-n3c4ccc(-c5ccccc5)cc4c4cc(-c5ccccc5)ccc43)cc1)c1ccccc1-2. The van der Waals surface area contributed by atoms with Crippen LogP contribution in [-0.2, 0) is 6.42 Å². The van der Waals surface area contributed by atoms with Crippen LogP contribution in [0, 0.1) is 0 Å². The fourth-order valence-corrected chi connectivity index (χ4v) is 7.32. The zero-order valence-corrected chi connectivity index (χ0v) is 25.9. The molecule has 0 unspecified atom stereocenters. The molecule has 0 saturated heterocycles. The first-order valence-electron chi connectivity index (χ1n) is 16.2. The van der Waals surface area contributed by atoms with Crippen LogP contribution in [0.4, 0.5) is 5.69 Å². The van der Waals surface area contributed by atoms with Gasteiger partial charge in [-0.15, -0.1) is 0 Å². The molecule has 0 amide bonds. The molecule has 2 heteroatoms. The molecule has 0 bridgehead atoms. The zero-order valence-electron chi connectivity index (χ0n) is 25.9. The Balaban J connectivity index is 1.13. The molecule has 1 aliphatic carbocycles. The fraction of sp³-hybridized carbons (Fsp3) is 0.0222. The van der Waals surface area contributed by atoms with Crippen LogP contribution in [0.2, 0.25) is 0 Å². The van der Waals surface area contributed by atoms with Crippen molar-refractivity contribution in [1.29, 1.82) is 0 Å². The molecule has 0 atom stereocenters. The van der Waals surface area contributed by atoms with Gasteiger partial charge in [-0.3, -0.25) is 0 Å². The van der Waals surface area contributed by atoms with E-state index in [-0.39, 0.29) is 0 Å². The van der Waals surface area contributed by atoms with E-state index < -0.39 is 0 Å². The minimum atomic E-state index is 0.825. The third kappa shape index (κ3) is 4.57. The predicted octanol–water partition coefficient (Wildman–Crippen LogP) is 11.4. The Labute approximate surface area is 274 Å². The van der Waals surface area contributed by atoms with Crippen LogP contribution in [0.15, 0.2) is 170 Å². The number of nitrogen functional groups attached to an aromatic ring is 1. The third-order valence-electron chi connectivity index (χ3n) is 9.59. The highest BCUT2D eigenvalue weighted by Crippen LogP contribution is 2.46. The Kier molecular flexibility index (Phi) is 6.39. The number of benzene rings is 7. The van der Waals surface area contributed by atoms with Crippen LogP contribution in [0.1, 0.15) is 16.7 Å². The van der Waals surface area contributed by atoms with Gasteiger partial charge in [-0.2, -0.15) is 0 Å². The number of rotatable bonds is 5. The van der Waals surface area contributed by atoms with Crippen LogP contribution in [0.5, 0.6) is 0 Å². The van der Waals surface area contributed by atoms with E-state index in [0.717, 1.165) is 23.4 Å². The van der Waals surface area contributed by atoms with E-state index in [9.17, 15) is 0 Å². The number of nitrogens with zero attached hydrogens (tertiary/aromatic N) is 1. The van der Waals surface area contributed by atoms with Crippen LogP contribution >= 0.6 is 0 Å². The van der Waals surface area contributed by atoms with Crippen molar-refractivity contribution >= 4 is 33.1 Å². The first-order valence-corrected chi connectivity index (χ1v) is 16.2. The van der Waals surface area contributed by atoms with Crippen LogP contribution in [0.3, 0.4) is 0 Å². The van der Waals surface area contributed by atoms with Gasteiger partial charge >= 0.3 is 0 Å². The maximum absolute atomic E-state index is 6.52. The number of anilines is 1. The van der Waals surface area contributed by atoms with Crippen molar-refractivity contribution in [2.45, 2.75) is 6.42 Å². The molecule has 0 fully saturated rings. The van der Waals surface area contributed by atoms with Gasteiger partial charge in [0.05, 0.1) is 11.0 Å². The number of hydrogen-bond acceptors (Lipinski definition) is 1. The normalized spacial score (nSPS) is 12.9. The third-order valence-corrected chi connectivity index (χ3v) is 9.59. The van der Waals surface area contributed by atoms with Gasteiger partial charge in [0.25, 0.3) is 0 Å². The lowest BCUT2D eigenvalue weighted by molar-refractivity contribution is 1.16. The molecule has 222 valence electrons. The molecule has 9 rings (SSSR count). The van der Waals surface area contributed by atoms with Crippen molar-refractivity contribution in [2.24, 2.45) is 0 Å². The Hall–Kier alpha value is -6.12. The molecule has 1 aliphatic rings. The summed E-state index contributed by atoms with van der Waals surface area (Å²) in [6, 6.07) is 58.9. The fourth-order valence-electron chi connectivity index (χ4n) is 7.32. The molecule has 1 aromatic heterocycles. The van der Waals surface area contributed by atoms with Crippen molar-refractivity contribution in [3.63, 3.8) is 0 Å². The van der Waals surface area contributed by atoms with Gasteiger partial charge in [0.1, 0.15) is 0 Å². The average molecular weight is 601 g/mol. The highest BCUT2D eigenvalue weighted by Gasteiger charge is 2.24. The van der Waals surface area contributed by atoms with Gasteiger partial charge in [0, 0.05) is 27.7 Å². The molecule has 47 heavy (non-hydrogen) atoms. The van der Waals surface area contributed by atoms with Crippen LogP contribution < -0.4 is 5.73 Å². The van der Waals surface area contributed by atoms with E-state index in [1.54, 1.807) is 0 Å². The number of allylic oxidation sites excluding steroid dienone is 1. The second-order valence-electron chi connectivity index (χ2n) is 12.3.